The highest BCUT2D eigenvalue weighted by Crippen LogP contribution is 1.65. The van der Waals surface area contributed by atoms with Crippen LogP contribution in [0.15, 0.2) is 11.6 Å². The Bertz CT molecular complexity index is 34.6. The molecule has 0 atom stereocenters. The number of thiol groups is 1. The summed E-state index contributed by atoms with van der Waals surface area (Å²) in [4.78, 5) is 0. The van der Waals surface area contributed by atoms with E-state index in [1.165, 1.54) is 11.6 Å². The second-order valence-electron chi connectivity index (χ2n) is 0.482. The normalized spacial score (nSPS) is 9.20. The van der Waals surface area contributed by atoms with E-state index >= 15 is 0 Å². The first-order valence-electron chi connectivity index (χ1n) is 1.17. The molecule has 3 heteroatoms. The lowest BCUT2D eigenvalue weighted by atomic mass is 11.1. The highest BCUT2D eigenvalue weighted by atomic mass is 32.1. The first-order chi connectivity index (χ1) is 2.41. The van der Waals surface area contributed by atoms with Gasteiger partial charge in [0, 0.05) is 6.20 Å². The average molecular weight is 90.2 g/mol. The quantitative estimate of drug-likeness (QED) is 0.238. The molecular formula is C2H6N2S. The maximum absolute atomic E-state index is 4.75. The van der Waals surface area contributed by atoms with Crippen molar-refractivity contribution in [1.29, 1.82) is 0 Å². The fourth-order valence-corrected chi connectivity index (χ4v) is 0.129. The smallest absolute Gasteiger partial charge is 0.0183 e. The van der Waals surface area contributed by atoms with E-state index in [0.29, 0.717) is 0 Å². The molecule has 0 aromatic carbocycles. The van der Waals surface area contributed by atoms with E-state index < -0.39 is 0 Å². The van der Waals surface area contributed by atoms with Crippen LogP contribution >= 0.6 is 12.6 Å². The molecule has 0 aliphatic heterocycles. The molecule has 0 rings (SSSR count). The van der Waals surface area contributed by atoms with Gasteiger partial charge >= 0.3 is 0 Å². The van der Waals surface area contributed by atoms with Gasteiger partial charge < -0.3 is 5.43 Å². The molecule has 0 amide bonds. The Morgan fingerprint density at radius 2 is 2.40 bits per heavy atom. The van der Waals surface area contributed by atoms with E-state index in [4.69, 9.17) is 5.84 Å². The first kappa shape index (κ1) is 4.85. The number of hydrogen-bond donors (Lipinski definition) is 3. The maximum Gasteiger partial charge on any atom is 0.0183 e. The summed E-state index contributed by atoms with van der Waals surface area (Å²) in [6, 6.07) is 0. The second-order valence-corrected chi connectivity index (χ2v) is 0.781. The Balaban J connectivity index is 2.62. The van der Waals surface area contributed by atoms with Crippen LogP contribution in [-0.4, -0.2) is 0 Å². The van der Waals surface area contributed by atoms with Gasteiger partial charge in [-0.05, 0) is 5.41 Å². The molecule has 0 heterocycles. The number of hydrogen-bond acceptors (Lipinski definition) is 3. The summed E-state index contributed by atoms with van der Waals surface area (Å²) >= 11 is 3.68. The summed E-state index contributed by atoms with van der Waals surface area (Å²) in [5, 5.41) is 1.51. The summed E-state index contributed by atoms with van der Waals surface area (Å²) in [5.74, 6) is 4.75. The second kappa shape index (κ2) is 3.85. The molecule has 2 nitrogen and oxygen atoms in total. The highest BCUT2D eigenvalue weighted by molar-refractivity contribution is 7.83. The third-order valence-corrected chi connectivity index (χ3v) is 0.320. The lowest BCUT2D eigenvalue weighted by Crippen LogP contribution is -2.12. The van der Waals surface area contributed by atoms with Gasteiger partial charge in [-0.3, -0.25) is 5.84 Å². The zero-order valence-corrected chi connectivity index (χ0v) is 3.57. The summed E-state index contributed by atoms with van der Waals surface area (Å²) in [5.41, 5.74) is 2.26. The molecule has 0 unspecified atom stereocenters. The standard InChI is InChI=1S/C2H6N2S/c3-4-1-2-5/h1-2,4-5H,3H2. The summed E-state index contributed by atoms with van der Waals surface area (Å²) in [7, 11) is 0. The largest absolute Gasteiger partial charge is 0.331 e. The van der Waals surface area contributed by atoms with Crippen molar-refractivity contribution in [2.24, 2.45) is 5.84 Å². The van der Waals surface area contributed by atoms with Crippen molar-refractivity contribution in [2.45, 2.75) is 0 Å². The van der Waals surface area contributed by atoms with Gasteiger partial charge in [-0.2, -0.15) is 0 Å². The Labute approximate surface area is 36.4 Å². The van der Waals surface area contributed by atoms with Gasteiger partial charge in [0.2, 0.25) is 0 Å². The molecule has 0 spiro atoms. The highest BCUT2D eigenvalue weighted by Gasteiger charge is 1.45. The SMILES string of the molecule is NNC=CS. The van der Waals surface area contributed by atoms with Gasteiger partial charge in [0.15, 0.2) is 0 Å². The van der Waals surface area contributed by atoms with Gasteiger partial charge in [0.1, 0.15) is 0 Å². The summed E-state index contributed by atoms with van der Waals surface area (Å²) < 4.78 is 0. The Morgan fingerprint density at radius 3 is 2.40 bits per heavy atom. The molecule has 0 aliphatic carbocycles. The van der Waals surface area contributed by atoms with Crippen LogP contribution in [0, 0.1) is 0 Å². The third kappa shape index (κ3) is 3.85. The van der Waals surface area contributed by atoms with E-state index in [0.717, 1.165) is 0 Å². The van der Waals surface area contributed by atoms with Crippen molar-refractivity contribution in [3.05, 3.63) is 11.6 Å². The van der Waals surface area contributed by atoms with Crippen molar-refractivity contribution in [2.75, 3.05) is 0 Å². The van der Waals surface area contributed by atoms with Crippen LogP contribution in [0.5, 0.6) is 0 Å². The Morgan fingerprint density at radius 1 is 1.80 bits per heavy atom. The van der Waals surface area contributed by atoms with Crippen molar-refractivity contribution in [3.8, 4) is 0 Å². The Hall–Kier alpha value is -0.150. The fraction of sp³-hybridized carbons (Fsp3) is 0. The number of rotatable bonds is 1. The van der Waals surface area contributed by atoms with Crippen LogP contribution in [0.4, 0.5) is 0 Å². The first-order valence-corrected chi connectivity index (χ1v) is 1.69. The minimum Gasteiger partial charge on any atom is -0.331 e. The van der Waals surface area contributed by atoms with Gasteiger partial charge in [0.05, 0.1) is 0 Å². The average Bonchev–Trinajstić information content (AvgIpc) is 1.41. The molecular weight excluding hydrogens is 84.1 g/mol. The van der Waals surface area contributed by atoms with Gasteiger partial charge in [-0.1, -0.05) is 0 Å². The molecule has 3 N–H and O–H groups in total. The van der Waals surface area contributed by atoms with Crippen molar-refractivity contribution in [3.63, 3.8) is 0 Å². The lowest BCUT2D eigenvalue weighted by Gasteiger charge is -1.75. The van der Waals surface area contributed by atoms with E-state index in [-0.39, 0.29) is 0 Å². The Kier molecular flexibility index (Phi) is 3.73. The van der Waals surface area contributed by atoms with E-state index in [1.807, 2.05) is 0 Å². The zero-order chi connectivity index (χ0) is 4.12. The topological polar surface area (TPSA) is 38.0 Å². The summed E-state index contributed by atoms with van der Waals surface area (Å²) in [6.45, 7) is 0. The molecule has 0 saturated carbocycles. The third-order valence-electron chi connectivity index (χ3n) is 0.171. The minimum absolute atomic E-state index is 1.51. The van der Waals surface area contributed by atoms with Gasteiger partial charge in [0.25, 0.3) is 0 Å². The monoisotopic (exact) mass is 90.0 g/mol. The predicted octanol–water partition coefficient (Wildman–Crippen LogP) is -0.149. The molecule has 0 saturated heterocycles. The molecule has 0 bridgehead atoms. The predicted molar refractivity (Wildman–Crippen MR) is 25.4 cm³/mol. The molecule has 0 aromatic rings. The van der Waals surface area contributed by atoms with Crippen LogP contribution in [-0.2, 0) is 0 Å². The number of hydrazine groups is 1. The lowest BCUT2D eigenvalue weighted by molar-refractivity contribution is 0.971. The van der Waals surface area contributed by atoms with Crippen molar-refractivity contribution >= 4 is 12.6 Å². The fourth-order valence-electron chi connectivity index (χ4n) is 0.0430. The van der Waals surface area contributed by atoms with Gasteiger partial charge in [-0.25, -0.2) is 0 Å². The maximum atomic E-state index is 4.75. The van der Waals surface area contributed by atoms with Crippen LogP contribution in [0.2, 0.25) is 0 Å². The summed E-state index contributed by atoms with van der Waals surface area (Å²) in [6.07, 6.45) is 1.52. The molecule has 5 heavy (non-hydrogen) atoms. The molecule has 0 radical (unpaired) electrons. The molecule has 0 aliphatic rings. The van der Waals surface area contributed by atoms with Crippen LogP contribution < -0.4 is 11.3 Å². The number of nitrogens with two attached hydrogens (primary N) is 1. The number of nitrogens with one attached hydrogen (secondary N) is 1. The van der Waals surface area contributed by atoms with Gasteiger partial charge in [-0.15, -0.1) is 12.6 Å². The molecule has 0 fully saturated rings. The van der Waals surface area contributed by atoms with Crippen LogP contribution in [0.3, 0.4) is 0 Å². The van der Waals surface area contributed by atoms with Crippen molar-refractivity contribution < 1.29 is 0 Å². The molecule has 0 aromatic heterocycles. The van der Waals surface area contributed by atoms with E-state index in [1.54, 1.807) is 0 Å². The minimum atomic E-state index is 1.51. The molecule has 30 valence electrons. The zero-order valence-electron chi connectivity index (χ0n) is 2.68. The van der Waals surface area contributed by atoms with Crippen LogP contribution in [0.25, 0.3) is 0 Å². The van der Waals surface area contributed by atoms with E-state index in [9.17, 15) is 0 Å². The van der Waals surface area contributed by atoms with Crippen molar-refractivity contribution in [1.82, 2.24) is 5.43 Å². The van der Waals surface area contributed by atoms with E-state index in [2.05, 4.69) is 18.1 Å². The van der Waals surface area contributed by atoms with Crippen LogP contribution in [0.1, 0.15) is 0 Å².